The molecule has 0 saturated carbocycles. The fourth-order valence-corrected chi connectivity index (χ4v) is 3.57. The van der Waals surface area contributed by atoms with Crippen molar-refractivity contribution in [2.75, 3.05) is 13.1 Å². The van der Waals surface area contributed by atoms with Gasteiger partial charge in [0.05, 0.1) is 16.8 Å². The molecule has 5 nitrogen and oxygen atoms in total. The Hall–Kier alpha value is -2.40. The molecule has 2 aromatic rings. The molecular weight excluding hydrogens is 338 g/mol. The van der Waals surface area contributed by atoms with E-state index >= 15 is 0 Å². The smallest absolute Gasteiger partial charge is 0.410 e. The first kappa shape index (κ1) is 16.1. The number of halogens is 1. The molecule has 0 bridgehead atoms. The number of nitrogens with zero attached hydrogens (tertiary/aromatic N) is 3. The Balaban J connectivity index is 1.38. The van der Waals surface area contributed by atoms with Gasteiger partial charge in [-0.2, -0.15) is 0 Å². The second-order valence-electron chi connectivity index (χ2n) is 6.44. The predicted octanol–water partition coefficient (Wildman–Crippen LogP) is 4.12. The van der Waals surface area contributed by atoms with Crippen LogP contribution in [-0.2, 0) is 16.8 Å². The van der Waals surface area contributed by atoms with E-state index in [1.807, 2.05) is 42.6 Å². The van der Waals surface area contributed by atoms with Crippen LogP contribution in [0.1, 0.15) is 24.1 Å². The average molecular weight is 356 g/mol. The van der Waals surface area contributed by atoms with E-state index in [0.29, 0.717) is 24.8 Å². The van der Waals surface area contributed by atoms with Crippen LogP contribution in [0.25, 0.3) is 0 Å². The maximum Gasteiger partial charge on any atom is 0.410 e. The van der Waals surface area contributed by atoms with Crippen LogP contribution in [0.3, 0.4) is 0 Å². The molecule has 128 valence electrons. The number of ether oxygens (including phenoxy) is 1. The van der Waals surface area contributed by atoms with Gasteiger partial charge in [0, 0.05) is 19.3 Å². The van der Waals surface area contributed by atoms with Crippen molar-refractivity contribution in [3.05, 3.63) is 58.9 Å². The summed E-state index contributed by atoms with van der Waals surface area (Å²) in [5.74, 6) is 0. The molecule has 0 aliphatic carbocycles. The number of fused-ring (bicyclic) bond motifs is 2. The molecule has 0 N–H and O–H groups in total. The lowest BCUT2D eigenvalue weighted by molar-refractivity contribution is 0.0838. The molecule has 1 saturated heterocycles. The second-order valence-corrected chi connectivity index (χ2v) is 6.83. The summed E-state index contributed by atoms with van der Waals surface area (Å²) in [6.07, 6.45) is 3.25. The van der Waals surface area contributed by atoms with Gasteiger partial charge in [0.2, 0.25) is 0 Å². The fourth-order valence-electron chi connectivity index (χ4n) is 3.42. The fraction of sp³-hybridized carbons (Fsp3) is 0.316. The van der Waals surface area contributed by atoms with Crippen molar-refractivity contribution in [1.82, 2.24) is 9.88 Å². The summed E-state index contributed by atoms with van der Waals surface area (Å²) in [6, 6.07) is 13.4. The normalized spacial score (nSPS) is 17.6. The third kappa shape index (κ3) is 3.12. The topological polar surface area (TPSA) is 54.8 Å². The van der Waals surface area contributed by atoms with E-state index in [1.165, 1.54) is 0 Å². The summed E-state index contributed by atoms with van der Waals surface area (Å²) < 4.78 is 5.42. The summed E-state index contributed by atoms with van der Waals surface area (Å²) in [5, 5.41) is 0.480. The van der Waals surface area contributed by atoms with Crippen LogP contribution in [0.5, 0.6) is 0 Å². The van der Waals surface area contributed by atoms with Crippen LogP contribution < -0.4 is 0 Å². The monoisotopic (exact) mass is 355 g/mol. The van der Waals surface area contributed by atoms with Crippen molar-refractivity contribution in [2.24, 2.45) is 4.99 Å². The van der Waals surface area contributed by atoms with E-state index in [0.717, 1.165) is 29.8 Å². The number of carbonyl (C=O) groups excluding carboxylic acids is 1. The number of pyridine rings is 1. The minimum atomic E-state index is -0.270. The Morgan fingerprint density at radius 3 is 2.68 bits per heavy atom. The molecule has 3 heterocycles. The van der Waals surface area contributed by atoms with Crippen molar-refractivity contribution in [2.45, 2.75) is 24.9 Å². The maximum atomic E-state index is 12.3. The Bertz CT molecular complexity index is 815. The minimum absolute atomic E-state index is 0.212. The first-order valence-electron chi connectivity index (χ1n) is 8.34. The van der Waals surface area contributed by atoms with Gasteiger partial charge in [0.25, 0.3) is 0 Å². The molecule has 2 aliphatic rings. The molecule has 0 atom stereocenters. The van der Waals surface area contributed by atoms with E-state index in [1.54, 1.807) is 11.0 Å². The van der Waals surface area contributed by atoms with Crippen molar-refractivity contribution in [1.29, 1.82) is 0 Å². The molecule has 25 heavy (non-hydrogen) atoms. The SMILES string of the molecule is O=C(OCc1ccccc1)N1CCC2(C=Nc3ccc(Cl)nc32)CC1. The Morgan fingerprint density at radius 2 is 1.92 bits per heavy atom. The van der Waals surface area contributed by atoms with Crippen LogP contribution in [0.4, 0.5) is 10.5 Å². The highest BCUT2D eigenvalue weighted by molar-refractivity contribution is 6.29. The van der Waals surface area contributed by atoms with Crippen LogP contribution in [0, 0.1) is 0 Å². The number of carbonyl (C=O) groups is 1. The zero-order valence-electron chi connectivity index (χ0n) is 13.7. The number of hydrogen-bond donors (Lipinski definition) is 0. The van der Waals surface area contributed by atoms with Crippen molar-refractivity contribution in [3.8, 4) is 0 Å². The molecule has 1 aromatic carbocycles. The van der Waals surface area contributed by atoms with E-state index in [9.17, 15) is 4.79 Å². The van der Waals surface area contributed by atoms with Crippen LogP contribution >= 0.6 is 11.6 Å². The van der Waals surface area contributed by atoms with Gasteiger partial charge in [0.15, 0.2) is 0 Å². The lowest BCUT2D eigenvalue weighted by Gasteiger charge is -2.36. The zero-order chi connectivity index (χ0) is 17.3. The number of hydrogen-bond acceptors (Lipinski definition) is 4. The zero-order valence-corrected chi connectivity index (χ0v) is 14.4. The van der Waals surface area contributed by atoms with Gasteiger partial charge in [-0.15, -0.1) is 0 Å². The van der Waals surface area contributed by atoms with Gasteiger partial charge in [-0.05, 0) is 30.5 Å². The summed E-state index contributed by atoms with van der Waals surface area (Å²) in [5.41, 5.74) is 2.58. The number of amides is 1. The van der Waals surface area contributed by atoms with E-state index in [2.05, 4.69) is 9.98 Å². The number of piperidine rings is 1. The maximum absolute atomic E-state index is 12.3. The summed E-state index contributed by atoms with van der Waals surface area (Å²) >= 11 is 6.05. The van der Waals surface area contributed by atoms with Gasteiger partial charge in [-0.3, -0.25) is 4.99 Å². The predicted molar refractivity (Wildman–Crippen MR) is 96.5 cm³/mol. The minimum Gasteiger partial charge on any atom is -0.445 e. The standard InChI is InChI=1S/C19H18ClN3O2/c20-16-7-6-15-17(22-16)19(13-21-15)8-10-23(11-9-19)18(24)25-12-14-4-2-1-3-5-14/h1-7,13H,8-12H2. The summed E-state index contributed by atoms with van der Waals surface area (Å²) in [6.45, 7) is 1.53. The van der Waals surface area contributed by atoms with E-state index in [4.69, 9.17) is 16.3 Å². The molecule has 1 aromatic heterocycles. The molecular formula is C19H18ClN3O2. The van der Waals surface area contributed by atoms with E-state index < -0.39 is 0 Å². The van der Waals surface area contributed by atoms with Gasteiger partial charge in [-0.25, -0.2) is 9.78 Å². The highest BCUT2D eigenvalue weighted by Crippen LogP contribution is 2.43. The quantitative estimate of drug-likeness (QED) is 0.761. The summed E-state index contributed by atoms with van der Waals surface area (Å²) in [7, 11) is 0. The lowest BCUT2D eigenvalue weighted by Crippen LogP contribution is -2.45. The van der Waals surface area contributed by atoms with Gasteiger partial charge in [0.1, 0.15) is 11.8 Å². The van der Waals surface area contributed by atoms with Crippen molar-refractivity contribution < 1.29 is 9.53 Å². The molecule has 1 spiro atoms. The lowest BCUT2D eigenvalue weighted by atomic mass is 9.77. The number of aromatic nitrogens is 1. The highest BCUT2D eigenvalue weighted by Gasteiger charge is 2.42. The van der Waals surface area contributed by atoms with Gasteiger partial charge < -0.3 is 9.64 Å². The van der Waals surface area contributed by atoms with E-state index in [-0.39, 0.29) is 11.5 Å². The van der Waals surface area contributed by atoms with Crippen molar-refractivity contribution >= 4 is 29.6 Å². The number of likely N-dealkylation sites (tertiary alicyclic amines) is 1. The molecule has 6 heteroatoms. The molecule has 2 aliphatic heterocycles. The largest absolute Gasteiger partial charge is 0.445 e. The third-order valence-corrected chi connectivity index (χ3v) is 5.09. The summed E-state index contributed by atoms with van der Waals surface area (Å²) in [4.78, 5) is 23.0. The second kappa shape index (κ2) is 6.48. The first-order chi connectivity index (χ1) is 12.2. The third-order valence-electron chi connectivity index (χ3n) is 4.88. The number of aliphatic imine (C=N–C) groups is 1. The molecule has 1 fully saturated rings. The Kier molecular flexibility index (Phi) is 4.17. The van der Waals surface area contributed by atoms with Gasteiger partial charge >= 0.3 is 6.09 Å². The highest BCUT2D eigenvalue weighted by atomic mass is 35.5. The van der Waals surface area contributed by atoms with Gasteiger partial charge in [-0.1, -0.05) is 41.9 Å². The molecule has 4 rings (SSSR count). The van der Waals surface area contributed by atoms with Crippen LogP contribution in [-0.4, -0.2) is 35.3 Å². The van der Waals surface area contributed by atoms with Crippen LogP contribution in [0.2, 0.25) is 5.15 Å². The Morgan fingerprint density at radius 1 is 1.16 bits per heavy atom. The van der Waals surface area contributed by atoms with Crippen molar-refractivity contribution in [3.63, 3.8) is 0 Å². The first-order valence-corrected chi connectivity index (χ1v) is 8.72. The molecule has 0 unspecified atom stereocenters. The Labute approximate surface area is 151 Å². The van der Waals surface area contributed by atoms with Crippen LogP contribution in [0.15, 0.2) is 47.5 Å². The molecule has 0 radical (unpaired) electrons. The number of benzene rings is 1. The number of rotatable bonds is 2. The average Bonchev–Trinajstić information content (AvgIpc) is 2.99. The molecule has 1 amide bonds.